The van der Waals surface area contributed by atoms with E-state index in [1.165, 1.54) is 0 Å². The van der Waals surface area contributed by atoms with Gasteiger partial charge < -0.3 is 5.32 Å². The van der Waals surface area contributed by atoms with E-state index in [1.54, 1.807) is 0 Å². The lowest BCUT2D eigenvalue weighted by atomic mass is 10.1. The Bertz CT molecular complexity index is 260. The van der Waals surface area contributed by atoms with Crippen LogP contribution in [0.25, 0.3) is 0 Å². The van der Waals surface area contributed by atoms with Crippen molar-refractivity contribution in [3.63, 3.8) is 0 Å². The Kier molecular flexibility index (Phi) is 5.37. The molecule has 1 saturated carbocycles. The highest BCUT2D eigenvalue weighted by Crippen LogP contribution is 2.55. The average molecular weight is 263 g/mol. The van der Waals surface area contributed by atoms with Crippen molar-refractivity contribution in [2.75, 3.05) is 0 Å². The van der Waals surface area contributed by atoms with Crippen LogP contribution in [0.2, 0.25) is 0 Å². The molecule has 0 aromatic carbocycles. The minimum absolute atomic E-state index is 0.316. The van der Waals surface area contributed by atoms with Gasteiger partial charge in [-0.05, 0) is 38.5 Å². The van der Waals surface area contributed by atoms with Crippen molar-refractivity contribution in [2.24, 2.45) is 5.92 Å². The summed E-state index contributed by atoms with van der Waals surface area (Å²) in [5.41, 5.74) is 0. The lowest BCUT2D eigenvalue weighted by Crippen LogP contribution is -2.36. The molecule has 1 fully saturated rings. The second-order valence-corrected chi connectivity index (χ2v) is 6.32. The molecule has 0 amide bonds. The maximum absolute atomic E-state index is 8.65. The fourth-order valence-corrected chi connectivity index (χ4v) is 2.54. The molecule has 2 nitrogen and oxygen atoms in total. The van der Waals surface area contributed by atoms with E-state index in [0.717, 1.165) is 25.7 Å². The first-order valence-electron chi connectivity index (χ1n) is 6.00. The van der Waals surface area contributed by atoms with Crippen LogP contribution in [0.5, 0.6) is 0 Å². The number of nitrogens with zero attached hydrogens (tertiary/aromatic N) is 1. The van der Waals surface area contributed by atoms with Gasteiger partial charge in [0.2, 0.25) is 0 Å². The molecule has 0 aromatic heterocycles. The maximum Gasteiger partial charge on any atom is 0.121 e. The van der Waals surface area contributed by atoms with E-state index in [2.05, 4.69) is 25.2 Å². The molecular weight excluding hydrogens is 243 g/mol. The van der Waals surface area contributed by atoms with E-state index in [-0.39, 0.29) is 0 Å². The Morgan fingerprint density at radius 2 is 2.19 bits per heavy atom. The standard InChI is InChI=1S/C12H20Cl2N2/c1-3-11(6-7-15)16-9(2)4-5-10-8-12(10,13)14/h9-11,16H,3-6,8H2,1-2H3/t9-,10+,11+/m0/s1. The summed E-state index contributed by atoms with van der Waals surface area (Å²) >= 11 is 12.0. The van der Waals surface area contributed by atoms with Gasteiger partial charge in [-0.15, -0.1) is 23.2 Å². The van der Waals surface area contributed by atoms with Crippen LogP contribution in [-0.2, 0) is 0 Å². The Morgan fingerprint density at radius 3 is 2.62 bits per heavy atom. The zero-order valence-electron chi connectivity index (χ0n) is 9.97. The van der Waals surface area contributed by atoms with Gasteiger partial charge >= 0.3 is 0 Å². The van der Waals surface area contributed by atoms with E-state index >= 15 is 0 Å². The maximum atomic E-state index is 8.65. The molecule has 1 aliphatic carbocycles. The van der Waals surface area contributed by atoms with Crippen molar-refractivity contribution in [3.05, 3.63) is 0 Å². The molecule has 0 spiro atoms. The Morgan fingerprint density at radius 1 is 1.56 bits per heavy atom. The number of alkyl halides is 2. The van der Waals surface area contributed by atoms with Gasteiger partial charge in [0.25, 0.3) is 0 Å². The van der Waals surface area contributed by atoms with Crippen molar-refractivity contribution < 1.29 is 0 Å². The molecule has 0 heterocycles. The first-order valence-corrected chi connectivity index (χ1v) is 6.76. The third-order valence-electron chi connectivity index (χ3n) is 3.25. The first kappa shape index (κ1) is 14.1. The molecule has 16 heavy (non-hydrogen) atoms. The Hall–Kier alpha value is 0.0300. The van der Waals surface area contributed by atoms with Gasteiger partial charge in [0, 0.05) is 12.1 Å². The van der Waals surface area contributed by atoms with Crippen LogP contribution < -0.4 is 5.32 Å². The molecule has 0 saturated heterocycles. The molecule has 0 unspecified atom stereocenters. The predicted molar refractivity (Wildman–Crippen MR) is 68.7 cm³/mol. The first-order chi connectivity index (χ1) is 7.49. The van der Waals surface area contributed by atoms with Crippen molar-refractivity contribution >= 4 is 23.2 Å². The monoisotopic (exact) mass is 262 g/mol. The second-order valence-electron chi connectivity index (χ2n) is 4.77. The van der Waals surface area contributed by atoms with E-state index in [4.69, 9.17) is 28.5 Å². The van der Waals surface area contributed by atoms with Crippen molar-refractivity contribution in [2.45, 2.75) is 62.4 Å². The molecule has 4 heteroatoms. The lowest BCUT2D eigenvalue weighted by Gasteiger charge is -2.20. The van der Waals surface area contributed by atoms with Crippen LogP contribution in [0.4, 0.5) is 0 Å². The number of hydrogen-bond donors (Lipinski definition) is 1. The highest BCUT2D eigenvalue weighted by Gasteiger charge is 2.50. The van der Waals surface area contributed by atoms with Crippen LogP contribution in [-0.4, -0.2) is 16.4 Å². The van der Waals surface area contributed by atoms with Crippen LogP contribution in [0.15, 0.2) is 0 Å². The number of nitrogens with one attached hydrogen (secondary N) is 1. The fourth-order valence-electron chi connectivity index (χ4n) is 1.95. The lowest BCUT2D eigenvalue weighted by molar-refractivity contribution is 0.407. The van der Waals surface area contributed by atoms with Crippen LogP contribution in [0, 0.1) is 17.2 Å². The average Bonchev–Trinajstić information content (AvgIpc) is 2.83. The highest BCUT2D eigenvalue weighted by molar-refractivity contribution is 6.50. The number of nitriles is 1. The predicted octanol–water partition coefficient (Wildman–Crippen LogP) is 3.63. The Labute approximate surface area is 108 Å². The minimum Gasteiger partial charge on any atom is -0.310 e. The number of hydrogen-bond acceptors (Lipinski definition) is 2. The van der Waals surface area contributed by atoms with E-state index < -0.39 is 4.33 Å². The molecule has 92 valence electrons. The van der Waals surface area contributed by atoms with Crippen LogP contribution in [0.3, 0.4) is 0 Å². The SMILES string of the molecule is CC[C@H](CC#N)N[C@@H](C)CC[C@@H]1CC1(Cl)Cl. The van der Waals surface area contributed by atoms with Crippen molar-refractivity contribution in [1.82, 2.24) is 5.32 Å². The van der Waals surface area contributed by atoms with Crippen LogP contribution in [0.1, 0.15) is 46.0 Å². The van der Waals surface area contributed by atoms with Gasteiger partial charge in [0.1, 0.15) is 4.33 Å². The van der Waals surface area contributed by atoms with Crippen molar-refractivity contribution in [1.29, 1.82) is 5.26 Å². The summed E-state index contributed by atoms with van der Waals surface area (Å²) in [7, 11) is 0. The van der Waals surface area contributed by atoms with Gasteiger partial charge in [-0.1, -0.05) is 6.92 Å². The Balaban J connectivity index is 2.15. The van der Waals surface area contributed by atoms with Gasteiger partial charge in [-0.25, -0.2) is 0 Å². The zero-order valence-corrected chi connectivity index (χ0v) is 11.5. The molecule has 0 bridgehead atoms. The topological polar surface area (TPSA) is 35.8 Å². The summed E-state index contributed by atoms with van der Waals surface area (Å²) < 4.78 is -0.448. The van der Waals surface area contributed by atoms with E-state index in [1.807, 2.05) is 0 Å². The molecule has 0 aromatic rings. The molecular formula is C12H20Cl2N2. The van der Waals surface area contributed by atoms with E-state index in [0.29, 0.717) is 24.4 Å². The summed E-state index contributed by atoms with van der Waals surface area (Å²) in [5.74, 6) is 0.469. The van der Waals surface area contributed by atoms with Gasteiger partial charge in [0.05, 0.1) is 12.5 Å². The highest BCUT2D eigenvalue weighted by atomic mass is 35.5. The number of rotatable bonds is 7. The molecule has 0 aliphatic heterocycles. The van der Waals surface area contributed by atoms with Crippen LogP contribution >= 0.6 is 23.2 Å². The number of halogens is 2. The third kappa shape index (κ3) is 4.49. The summed E-state index contributed by atoms with van der Waals surface area (Å²) in [5, 5.41) is 12.1. The smallest absolute Gasteiger partial charge is 0.121 e. The minimum atomic E-state index is -0.448. The molecule has 1 rings (SSSR count). The van der Waals surface area contributed by atoms with Gasteiger partial charge in [0.15, 0.2) is 0 Å². The van der Waals surface area contributed by atoms with E-state index in [9.17, 15) is 0 Å². The van der Waals surface area contributed by atoms with Gasteiger partial charge in [-0.2, -0.15) is 5.26 Å². The van der Waals surface area contributed by atoms with Crippen molar-refractivity contribution in [3.8, 4) is 6.07 Å². The van der Waals surface area contributed by atoms with Gasteiger partial charge in [-0.3, -0.25) is 0 Å². The molecule has 0 radical (unpaired) electrons. The zero-order chi connectivity index (χ0) is 12.2. The second kappa shape index (κ2) is 6.10. The summed E-state index contributed by atoms with van der Waals surface area (Å²) in [6.45, 7) is 4.26. The summed E-state index contributed by atoms with van der Waals surface area (Å²) in [4.78, 5) is 0. The fraction of sp³-hybridized carbons (Fsp3) is 0.917. The normalized spacial score (nSPS) is 25.8. The molecule has 1 aliphatic rings. The molecule has 3 atom stereocenters. The summed E-state index contributed by atoms with van der Waals surface area (Å²) in [6.07, 6.45) is 4.66. The largest absolute Gasteiger partial charge is 0.310 e. The summed E-state index contributed by atoms with van der Waals surface area (Å²) in [6, 6.07) is 2.96. The third-order valence-corrected chi connectivity index (χ3v) is 4.18. The molecule has 1 N–H and O–H groups in total. The quantitative estimate of drug-likeness (QED) is 0.712.